The lowest BCUT2D eigenvalue weighted by atomic mass is 9.97. The smallest absolute Gasteiger partial charge is 0.0619 e. The Morgan fingerprint density at radius 3 is 2.31 bits per heavy atom. The van der Waals surface area contributed by atoms with Gasteiger partial charge in [-0.2, -0.15) is 0 Å². The number of nitrogens with one attached hydrogen (secondary N) is 2. The van der Waals surface area contributed by atoms with Gasteiger partial charge in [-0.3, -0.25) is 0 Å². The minimum Gasteiger partial charge on any atom is -0.387 e. The highest BCUT2D eigenvalue weighted by Crippen LogP contribution is 2.40. The third-order valence-corrected chi connectivity index (χ3v) is 9.22. The average Bonchev–Trinajstić information content (AvgIpc) is 3.46. The summed E-state index contributed by atoms with van der Waals surface area (Å²) < 4.78 is 2.50. The number of hydrogen-bond acceptors (Lipinski definition) is 2. The van der Waals surface area contributed by atoms with Crippen molar-refractivity contribution >= 4 is 54.6 Å². The van der Waals surface area contributed by atoms with Crippen LogP contribution < -0.4 is 10.6 Å². The van der Waals surface area contributed by atoms with Gasteiger partial charge in [0.25, 0.3) is 0 Å². The van der Waals surface area contributed by atoms with Crippen molar-refractivity contribution in [3.8, 4) is 16.8 Å². The number of hydrogen-bond donors (Lipinski definition) is 2. The molecule has 0 spiro atoms. The van der Waals surface area contributed by atoms with Crippen LogP contribution >= 0.6 is 0 Å². The molecule has 0 saturated heterocycles. The van der Waals surface area contributed by atoms with Crippen molar-refractivity contribution in [2.24, 2.45) is 0 Å². The molecule has 0 amide bonds. The summed E-state index contributed by atoms with van der Waals surface area (Å²) in [7, 11) is 0. The molecule has 1 aromatic heterocycles. The molecule has 9 rings (SSSR count). The van der Waals surface area contributed by atoms with Crippen molar-refractivity contribution in [1.29, 1.82) is 0 Å². The first kappa shape index (κ1) is 25.7. The van der Waals surface area contributed by atoms with Gasteiger partial charge in [0.15, 0.2) is 0 Å². The summed E-state index contributed by atoms with van der Waals surface area (Å²) in [6, 6.07) is 42.7. The topological polar surface area (TPSA) is 29.0 Å². The summed E-state index contributed by atoms with van der Waals surface area (Å²) in [6.45, 7) is 1.71. The van der Waals surface area contributed by atoms with E-state index >= 15 is 0 Å². The molecular weight excluding hydrogens is 546 g/mol. The molecule has 45 heavy (non-hydrogen) atoms. The highest BCUT2D eigenvalue weighted by molar-refractivity contribution is 6.20. The van der Waals surface area contributed by atoms with Crippen molar-refractivity contribution in [1.82, 2.24) is 15.2 Å². The van der Waals surface area contributed by atoms with Crippen LogP contribution in [-0.4, -0.2) is 17.7 Å². The molecule has 3 nitrogen and oxygen atoms in total. The van der Waals surface area contributed by atoms with Crippen molar-refractivity contribution < 1.29 is 0 Å². The van der Waals surface area contributed by atoms with E-state index in [4.69, 9.17) is 0 Å². The van der Waals surface area contributed by atoms with Crippen LogP contribution in [0.15, 0.2) is 152 Å². The van der Waals surface area contributed by atoms with E-state index in [1.54, 1.807) is 0 Å². The van der Waals surface area contributed by atoms with E-state index in [1.165, 1.54) is 76.9 Å². The van der Waals surface area contributed by atoms with Crippen molar-refractivity contribution in [2.75, 3.05) is 13.1 Å². The molecule has 2 aliphatic heterocycles. The Morgan fingerprint density at radius 2 is 1.40 bits per heavy atom. The van der Waals surface area contributed by atoms with Gasteiger partial charge >= 0.3 is 0 Å². The Labute approximate surface area is 262 Å². The molecule has 3 heteroatoms. The fraction of sp³-hybridized carbons (Fsp3) is 0.0476. The second-order valence-corrected chi connectivity index (χ2v) is 11.8. The van der Waals surface area contributed by atoms with Crippen LogP contribution in [0.4, 0.5) is 0 Å². The summed E-state index contributed by atoms with van der Waals surface area (Å²) >= 11 is 0. The summed E-state index contributed by atoms with van der Waals surface area (Å²) in [4.78, 5) is 0. The fourth-order valence-electron chi connectivity index (χ4n) is 7.04. The molecule has 0 bridgehead atoms. The molecule has 0 saturated carbocycles. The van der Waals surface area contributed by atoms with Crippen molar-refractivity contribution in [3.05, 3.63) is 163 Å². The molecule has 7 aromatic rings. The summed E-state index contributed by atoms with van der Waals surface area (Å²) in [6.07, 6.45) is 12.9. The Hall–Kier alpha value is -5.80. The van der Waals surface area contributed by atoms with E-state index in [1.807, 2.05) is 6.20 Å². The van der Waals surface area contributed by atoms with Gasteiger partial charge in [-0.1, -0.05) is 109 Å². The van der Waals surface area contributed by atoms with Gasteiger partial charge in [0.1, 0.15) is 0 Å². The highest BCUT2D eigenvalue weighted by Gasteiger charge is 2.18. The van der Waals surface area contributed by atoms with Crippen LogP contribution in [0.5, 0.6) is 0 Å². The Bertz CT molecular complexity index is 2430. The fourth-order valence-corrected chi connectivity index (χ4v) is 7.04. The molecule has 0 aliphatic carbocycles. The zero-order valence-electron chi connectivity index (χ0n) is 24.8. The molecule has 0 atom stereocenters. The second-order valence-electron chi connectivity index (χ2n) is 11.8. The lowest BCUT2D eigenvalue weighted by Gasteiger charge is -2.15. The number of aromatic nitrogens is 1. The molecule has 0 unspecified atom stereocenters. The van der Waals surface area contributed by atoms with Crippen molar-refractivity contribution in [3.63, 3.8) is 0 Å². The molecule has 2 N–H and O–H groups in total. The van der Waals surface area contributed by atoms with Gasteiger partial charge < -0.3 is 15.2 Å². The third-order valence-electron chi connectivity index (χ3n) is 9.22. The molecule has 3 heterocycles. The van der Waals surface area contributed by atoms with Gasteiger partial charge in [0, 0.05) is 40.3 Å². The first-order valence-corrected chi connectivity index (χ1v) is 15.6. The predicted octanol–water partition coefficient (Wildman–Crippen LogP) is 9.76. The molecule has 2 aliphatic rings. The van der Waals surface area contributed by atoms with E-state index in [0.717, 1.165) is 18.8 Å². The first-order chi connectivity index (χ1) is 22.3. The van der Waals surface area contributed by atoms with Gasteiger partial charge in [0.05, 0.1) is 16.7 Å². The van der Waals surface area contributed by atoms with E-state index in [2.05, 4.69) is 161 Å². The lowest BCUT2D eigenvalue weighted by Crippen LogP contribution is -2.14. The quantitative estimate of drug-likeness (QED) is 0.218. The first-order valence-electron chi connectivity index (χ1n) is 15.6. The number of dihydropyridines is 2. The Balaban J connectivity index is 1.32. The Kier molecular flexibility index (Phi) is 5.95. The Morgan fingerprint density at radius 1 is 0.578 bits per heavy atom. The van der Waals surface area contributed by atoms with Crippen LogP contribution in [0.3, 0.4) is 0 Å². The van der Waals surface area contributed by atoms with Crippen LogP contribution in [0.25, 0.3) is 71.4 Å². The maximum absolute atomic E-state index is 3.52. The van der Waals surface area contributed by atoms with Crippen molar-refractivity contribution in [2.45, 2.75) is 0 Å². The standard InChI is InChI=1S/C42H31N3/c1-2-11-35-29(7-1)8-6-13-40(35)45-41-27-32(31-10-5-9-30(25-31)28-20-23-43-24-21-28)14-18-37(41)38-19-15-33-26-34(16-17-36(33)42(38)45)39-12-3-4-22-44-39/h1-21,23,25-27,43-44H,22,24H2. The molecular formula is C42H31N3. The van der Waals surface area contributed by atoms with E-state index in [9.17, 15) is 0 Å². The van der Waals surface area contributed by atoms with Gasteiger partial charge in [-0.05, 0) is 81.2 Å². The van der Waals surface area contributed by atoms with Gasteiger partial charge in [0.2, 0.25) is 0 Å². The minimum absolute atomic E-state index is 0.855. The van der Waals surface area contributed by atoms with E-state index in [0.29, 0.717) is 0 Å². The maximum Gasteiger partial charge on any atom is 0.0619 e. The predicted molar refractivity (Wildman–Crippen MR) is 191 cm³/mol. The molecule has 0 radical (unpaired) electrons. The van der Waals surface area contributed by atoms with Gasteiger partial charge in [-0.15, -0.1) is 0 Å². The van der Waals surface area contributed by atoms with Crippen LogP contribution in [0, 0.1) is 0 Å². The summed E-state index contributed by atoms with van der Waals surface area (Å²) in [5.74, 6) is 0. The third kappa shape index (κ3) is 4.28. The number of rotatable bonds is 4. The van der Waals surface area contributed by atoms with Crippen LogP contribution in [0.1, 0.15) is 11.1 Å². The largest absolute Gasteiger partial charge is 0.387 e. The number of benzene rings is 6. The molecule has 0 fully saturated rings. The zero-order valence-corrected chi connectivity index (χ0v) is 24.8. The molecule has 6 aromatic carbocycles. The normalized spacial score (nSPS) is 14.5. The van der Waals surface area contributed by atoms with Gasteiger partial charge in [-0.25, -0.2) is 0 Å². The van der Waals surface area contributed by atoms with E-state index < -0.39 is 0 Å². The SMILES string of the molecule is C1=CCNC(c2ccc3c(ccc4c5ccc(-c6cccc(C7=CCNC=C7)c6)cc5n(-c5cccc6ccccc56)c34)c2)=C1. The summed E-state index contributed by atoms with van der Waals surface area (Å²) in [5, 5.41) is 14.3. The monoisotopic (exact) mass is 577 g/mol. The van der Waals surface area contributed by atoms with Crippen LogP contribution in [-0.2, 0) is 0 Å². The highest BCUT2D eigenvalue weighted by atomic mass is 15.0. The number of nitrogens with zero attached hydrogens (tertiary/aromatic N) is 1. The average molecular weight is 578 g/mol. The van der Waals surface area contributed by atoms with Crippen LogP contribution in [0.2, 0.25) is 0 Å². The molecule has 214 valence electrons. The van der Waals surface area contributed by atoms with E-state index in [-0.39, 0.29) is 0 Å². The zero-order chi connectivity index (χ0) is 29.7. The lowest BCUT2D eigenvalue weighted by molar-refractivity contribution is 0.976. The number of allylic oxidation sites excluding steroid dienone is 4. The minimum atomic E-state index is 0.855. The second kappa shape index (κ2) is 10.4. The maximum atomic E-state index is 3.52. The number of fused-ring (bicyclic) bond motifs is 6. The summed E-state index contributed by atoms with van der Waals surface area (Å²) in [5.41, 5.74) is 10.9.